The number of aryl methyl sites for hydroxylation is 1. The summed E-state index contributed by atoms with van der Waals surface area (Å²) >= 11 is 5.87. The second kappa shape index (κ2) is 7.32. The normalized spacial score (nSPS) is 21.0. The average Bonchev–Trinajstić information content (AvgIpc) is 3.04. The molecule has 2 atom stereocenters. The number of morpholine rings is 1. The SMILES string of the molecule is C[C@@H]1CN(C(=O)CCc2nnc(-c3ccc(Cl)cc3)o2)[C@@H](C)CO1. The van der Waals surface area contributed by atoms with Crippen LogP contribution in [0.25, 0.3) is 11.5 Å². The third-order valence-corrected chi connectivity index (χ3v) is 4.29. The number of hydrogen-bond acceptors (Lipinski definition) is 5. The highest BCUT2D eigenvalue weighted by Gasteiger charge is 2.27. The minimum Gasteiger partial charge on any atom is -0.421 e. The molecule has 1 saturated heterocycles. The Morgan fingerprint density at radius 1 is 1.29 bits per heavy atom. The highest BCUT2D eigenvalue weighted by Crippen LogP contribution is 2.21. The third kappa shape index (κ3) is 3.94. The zero-order chi connectivity index (χ0) is 17.1. The Labute approximate surface area is 145 Å². The van der Waals surface area contributed by atoms with Gasteiger partial charge < -0.3 is 14.1 Å². The summed E-state index contributed by atoms with van der Waals surface area (Å²) in [5.41, 5.74) is 0.806. The molecule has 1 fully saturated rings. The number of halogens is 1. The molecule has 1 aromatic carbocycles. The molecule has 0 N–H and O–H groups in total. The van der Waals surface area contributed by atoms with Crippen LogP contribution in [-0.4, -0.2) is 46.3 Å². The van der Waals surface area contributed by atoms with Gasteiger partial charge in [0.15, 0.2) is 0 Å². The molecule has 24 heavy (non-hydrogen) atoms. The predicted molar refractivity (Wildman–Crippen MR) is 89.7 cm³/mol. The van der Waals surface area contributed by atoms with Gasteiger partial charge in [-0.2, -0.15) is 0 Å². The molecule has 128 valence electrons. The topological polar surface area (TPSA) is 68.5 Å². The van der Waals surface area contributed by atoms with Gasteiger partial charge >= 0.3 is 0 Å². The largest absolute Gasteiger partial charge is 0.421 e. The molecule has 1 aliphatic rings. The summed E-state index contributed by atoms with van der Waals surface area (Å²) in [6.45, 7) is 5.17. The van der Waals surface area contributed by atoms with E-state index in [0.29, 0.717) is 42.8 Å². The molecule has 0 saturated carbocycles. The molecule has 0 unspecified atom stereocenters. The van der Waals surface area contributed by atoms with Gasteiger partial charge in [0, 0.05) is 30.0 Å². The van der Waals surface area contributed by atoms with E-state index in [1.165, 1.54) is 0 Å². The first-order chi connectivity index (χ1) is 11.5. The van der Waals surface area contributed by atoms with Gasteiger partial charge in [-0.3, -0.25) is 4.79 Å². The van der Waals surface area contributed by atoms with Gasteiger partial charge in [-0.15, -0.1) is 10.2 Å². The van der Waals surface area contributed by atoms with E-state index in [9.17, 15) is 4.79 Å². The molecular weight excluding hydrogens is 330 g/mol. The Bertz CT molecular complexity index is 701. The fourth-order valence-corrected chi connectivity index (χ4v) is 2.80. The highest BCUT2D eigenvalue weighted by molar-refractivity contribution is 6.30. The van der Waals surface area contributed by atoms with Crippen molar-refractivity contribution in [3.05, 3.63) is 35.2 Å². The second-order valence-electron chi connectivity index (χ2n) is 6.05. The molecule has 6 nitrogen and oxygen atoms in total. The van der Waals surface area contributed by atoms with Gasteiger partial charge in [0.2, 0.25) is 17.7 Å². The number of hydrogen-bond donors (Lipinski definition) is 0. The molecule has 2 heterocycles. The Morgan fingerprint density at radius 3 is 2.79 bits per heavy atom. The summed E-state index contributed by atoms with van der Waals surface area (Å²) in [4.78, 5) is 14.3. The fourth-order valence-electron chi connectivity index (χ4n) is 2.67. The van der Waals surface area contributed by atoms with Crippen molar-refractivity contribution >= 4 is 17.5 Å². The van der Waals surface area contributed by atoms with E-state index in [0.717, 1.165) is 5.56 Å². The van der Waals surface area contributed by atoms with Crippen LogP contribution in [0, 0.1) is 0 Å². The van der Waals surface area contributed by atoms with Crippen molar-refractivity contribution < 1.29 is 13.9 Å². The Kier molecular flexibility index (Phi) is 5.16. The molecule has 1 amide bonds. The number of benzene rings is 1. The van der Waals surface area contributed by atoms with Crippen molar-refractivity contribution in [2.45, 2.75) is 38.8 Å². The Morgan fingerprint density at radius 2 is 2.04 bits per heavy atom. The molecule has 1 aliphatic heterocycles. The van der Waals surface area contributed by atoms with E-state index in [2.05, 4.69) is 10.2 Å². The molecule has 7 heteroatoms. The maximum atomic E-state index is 12.4. The summed E-state index contributed by atoms with van der Waals surface area (Å²) in [7, 11) is 0. The highest BCUT2D eigenvalue weighted by atomic mass is 35.5. The lowest BCUT2D eigenvalue weighted by Gasteiger charge is -2.36. The fraction of sp³-hybridized carbons (Fsp3) is 0.471. The minimum absolute atomic E-state index is 0.0741. The van der Waals surface area contributed by atoms with Gasteiger partial charge in [-0.1, -0.05) is 11.6 Å². The summed E-state index contributed by atoms with van der Waals surface area (Å²) in [5.74, 6) is 0.980. The summed E-state index contributed by atoms with van der Waals surface area (Å²) in [6.07, 6.45) is 0.849. The molecule has 2 aromatic rings. The third-order valence-electron chi connectivity index (χ3n) is 4.04. The number of carbonyl (C=O) groups excluding carboxylic acids is 1. The second-order valence-corrected chi connectivity index (χ2v) is 6.48. The van der Waals surface area contributed by atoms with Crippen LogP contribution >= 0.6 is 11.6 Å². The van der Waals surface area contributed by atoms with Gasteiger partial charge in [0.1, 0.15) is 0 Å². The van der Waals surface area contributed by atoms with Crippen LogP contribution in [0.1, 0.15) is 26.2 Å². The average molecular weight is 350 g/mol. The van der Waals surface area contributed by atoms with E-state index < -0.39 is 0 Å². The first-order valence-electron chi connectivity index (χ1n) is 8.02. The van der Waals surface area contributed by atoms with Gasteiger partial charge in [-0.25, -0.2) is 0 Å². The number of aromatic nitrogens is 2. The van der Waals surface area contributed by atoms with Crippen molar-refractivity contribution in [1.29, 1.82) is 0 Å². The van der Waals surface area contributed by atoms with Crippen LogP contribution in [0.15, 0.2) is 28.7 Å². The minimum atomic E-state index is 0.0741. The van der Waals surface area contributed by atoms with Crippen LogP contribution in [-0.2, 0) is 16.0 Å². The lowest BCUT2D eigenvalue weighted by molar-refractivity contribution is -0.143. The van der Waals surface area contributed by atoms with Crippen molar-refractivity contribution in [2.24, 2.45) is 0 Å². The van der Waals surface area contributed by atoms with E-state index >= 15 is 0 Å². The monoisotopic (exact) mass is 349 g/mol. The Hall–Kier alpha value is -1.92. The lowest BCUT2D eigenvalue weighted by atomic mass is 10.1. The van der Waals surface area contributed by atoms with Crippen molar-refractivity contribution in [3.63, 3.8) is 0 Å². The van der Waals surface area contributed by atoms with Crippen LogP contribution < -0.4 is 0 Å². The smallest absolute Gasteiger partial charge is 0.247 e. The first kappa shape index (κ1) is 16.9. The number of ether oxygens (including phenoxy) is 1. The van der Waals surface area contributed by atoms with E-state index in [-0.39, 0.29) is 18.1 Å². The molecule has 3 rings (SSSR count). The number of nitrogens with zero attached hydrogens (tertiary/aromatic N) is 3. The number of carbonyl (C=O) groups is 1. The standard InChI is InChI=1S/C17H20ClN3O3/c1-11-10-23-12(2)9-21(11)16(22)8-7-15-19-20-17(24-15)13-3-5-14(18)6-4-13/h3-6,11-12H,7-10H2,1-2H3/t11-,12+/m0/s1. The van der Waals surface area contributed by atoms with E-state index in [1.54, 1.807) is 12.1 Å². The molecule has 0 aliphatic carbocycles. The molecule has 1 aromatic heterocycles. The summed E-state index contributed by atoms with van der Waals surface area (Å²) in [5, 5.41) is 8.70. The molecule has 0 bridgehead atoms. The van der Waals surface area contributed by atoms with Crippen molar-refractivity contribution in [3.8, 4) is 11.5 Å². The van der Waals surface area contributed by atoms with Gasteiger partial charge in [0.05, 0.1) is 18.8 Å². The summed E-state index contributed by atoms with van der Waals surface area (Å²) in [6, 6.07) is 7.28. The van der Waals surface area contributed by atoms with Gasteiger partial charge in [0.25, 0.3) is 0 Å². The van der Waals surface area contributed by atoms with Gasteiger partial charge in [-0.05, 0) is 38.1 Å². The molecule has 0 radical (unpaired) electrons. The molecule has 0 spiro atoms. The Balaban J connectivity index is 1.59. The lowest BCUT2D eigenvalue weighted by Crippen LogP contribution is -2.50. The van der Waals surface area contributed by atoms with Crippen LogP contribution in [0.5, 0.6) is 0 Å². The van der Waals surface area contributed by atoms with E-state index in [4.69, 9.17) is 20.8 Å². The zero-order valence-corrected chi connectivity index (χ0v) is 14.5. The first-order valence-corrected chi connectivity index (χ1v) is 8.40. The zero-order valence-electron chi connectivity index (χ0n) is 13.7. The molecular formula is C17H20ClN3O3. The maximum Gasteiger partial charge on any atom is 0.247 e. The quantitative estimate of drug-likeness (QED) is 0.848. The van der Waals surface area contributed by atoms with E-state index in [1.807, 2.05) is 30.9 Å². The van der Waals surface area contributed by atoms with Crippen LogP contribution in [0.3, 0.4) is 0 Å². The number of rotatable bonds is 4. The maximum absolute atomic E-state index is 12.4. The van der Waals surface area contributed by atoms with Crippen LogP contribution in [0.2, 0.25) is 5.02 Å². The summed E-state index contributed by atoms with van der Waals surface area (Å²) < 4.78 is 11.2. The number of amides is 1. The predicted octanol–water partition coefficient (Wildman–Crippen LogP) is 2.96. The van der Waals surface area contributed by atoms with Crippen molar-refractivity contribution in [2.75, 3.05) is 13.2 Å². The van der Waals surface area contributed by atoms with Crippen LogP contribution in [0.4, 0.5) is 0 Å². The van der Waals surface area contributed by atoms with Crippen molar-refractivity contribution in [1.82, 2.24) is 15.1 Å².